The fourth-order valence-electron chi connectivity index (χ4n) is 3.79. The van der Waals surface area contributed by atoms with E-state index < -0.39 is 0 Å². The fraction of sp³-hybridized carbons (Fsp3) is 0.222. The second kappa shape index (κ2) is 5.39. The summed E-state index contributed by atoms with van der Waals surface area (Å²) in [5, 5.41) is 15.6. The van der Waals surface area contributed by atoms with Crippen molar-refractivity contribution < 1.29 is 4.92 Å². The van der Waals surface area contributed by atoms with Crippen molar-refractivity contribution in [2.45, 2.75) is 18.4 Å². The molecule has 1 N–H and O–H groups in total. The topological polar surface area (TPSA) is 55.2 Å². The summed E-state index contributed by atoms with van der Waals surface area (Å²) < 4.78 is 0. The number of nitro benzene ring substituents is 1. The van der Waals surface area contributed by atoms with E-state index in [1.54, 1.807) is 12.1 Å². The molecular formula is C18H15ClN2O2. The maximum atomic E-state index is 11.4. The Morgan fingerprint density at radius 1 is 1.17 bits per heavy atom. The standard InChI is InChI=1S/C18H15ClN2O2/c19-11-8-9-16-15(10-11)12-5-3-6-13(12)18(20-16)14-4-1-2-7-17(14)21(22)23/h1-5,7-10,12-13,18,20H,6H2/t12-,13-,18+/m0/s1. The Morgan fingerprint density at radius 3 is 2.83 bits per heavy atom. The van der Waals surface area contributed by atoms with Gasteiger partial charge in [-0.15, -0.1) is 0 Å². The van der Waals surface area contributed by atoms with Crippen LogP contribution >= 0.6 is 11.6 Å². The van der Waals surface area contributed by atoms with Crippen molar-refractivity contribution in [3.05, 3.63) is 80.9 Å². The smallest absolute Gasteiger partial charge is 0.274 e. The molecule has 4 nitrogen and oxygen atoms in total. The van der Waals surface area contributed by atoms with Gasteiger partial charge in [-0.05, 0) is 36.1 Å². The average molecular weight is 327 g/mol. The van der Waals surface area contributed by atoms with Gasteiger partial charge in [0.15, 0.2) is 0 Å². The molecule has 2 aromatic carbocycles. The molecule has 0 spiro atoms. The molecule has 116 valence electrons. The average Bonchev–Trinajstić information content (AvgIpc) is 3.04. The Hall–Kier alpha value is -2.33. The molecular weight excluding hydrogens is 312 g/mol. The number of halogens is 1. The van der Waals surface area contributed by atoms with Crippen LogP contribution in [0.3, 0.4) is 0 Å². The Kier molecular flexibility index (Phi) is 3.34. The van der Waals surface area contributed by atoms with E-state index >= 15 is 0 Å². The number of benzene rings is 2. The molecule has 3 atom stereocenters. The van der Waals surface area contributed by atoms with Gasteiger partial charge in [-0.1, -0.05) is 42.0 Å². The third-order valence-electron chi connectivity index (χ3n) is 4.79. The van der Waals surface area contributed by atoms with Crippen LogP contribution in [0.15, 0.2) is 54.6 Å². The molecule has 1 aliphatic heterocycles. The lowest BCUT2D eigenvalue weighted by molar-refractivity contribution is -0.385. The minimum absolute atomic E-state index is 0.0784. The fourth-order valence-corrected chi connectivity index (χ4v) is 3.97. The van der Waals surface area contributed by atoms with Gasteiger partial charge in [0.1, 0.15) is 0 Å². The van der Waals surface area contributed by atoms with Crippen molar-refractivity contribution in [3.63, 3.8) is 0 Å². The summed E-state index contributed by atoms with van der Waals surface area (Å²) in [5.41, 5.74) is 3.10. The van der Waals surface area contributed by atoms with Crippen LogP contribution in [0.1, 0.15) is 29.5 Å². The number of para-hydroxylation sites is 1. The van der Waals surface area contributed by atoms with Crippen LogP contribution in [0.4, 0.5) is 11.4 Å². The SMILES string of the molecule is O=[N+]([O-])c1ccccc1[C@@H]1Nc2ccc(Cl)cc2[C@H]2C=CC[C@@H]21. The second-order valence-electron chi connectivity index (χ2n) is 6.02. The van der Waals surface area contributed by atoms with E-state index in [0.717, 1.165) is 17.7 Å². The van der Waals surface area contributed by atoms with Crippen LogP contribution in [0.2, 0.25) is 5.02 Å². The number of fused-ring (bicyclic) bond motifs is 3. The molecule has 2 aliphatic rings. The highest BCUT2D eigenvalue weighted by molar-refractivity contribution is 6.30. The molecule has 0 amide bonds. The maximum Gasteiger partial charge on any atom is 0.274 e. The predicted molar refractivity (Wildman–Crippen MR) is 90.9 cm³/mol. The summed E-state index contributed by atoms with van der Waals surface area (Å²) in [6.45, 7) is 0. The van der Waals surface area contributed by atoms with Crippen molar-refractivity contribution in [1.29, 1.82) is 0 Å². The molecule has 5 heteroatoms. The van der Waals surface area contributed by atoms with Crippen LogP contribution in [0.25, 0.3) is 0 Å². The first kappa shape index (κ1) is 14.3. The number of anilines is 1. The monoisotopic (exact) mass is 326 g/mol. The van der Waals surface area contributed by atoms with Gasteiger partial charge < -0.3 is 5.32 Å². The Bertz CT molecular complexity index is 818. The van der Waals surface area contributed by atoms with E-state index in [2.05, 4.69) is 17.5 Å². The van der Waals surface area contributed by atoms with Crippen molar-refractivity contribution in [3.8, 4) is 0 Å². The number of nitrogens with one attached hydrogen (secondary N) is 1. The van der Waals surface area contributed by atoms with Gasteiger partial charge >= 0.3 is 0 Å². The first-order valence-electron chi connectivity index (χ1n) is 7.61. The largest absolute Gasteiger partial charge is 0.377 e. The van der Waals surface area contributed by atoms with Crippen molar-refractivity contribution in [2.75, 3.05) is 5.32 Å². The molecule has 1 heterocycles. The molecule has 0 aromatic heterocycles. The zero-order valence-electron chi connectivity index (χ0n) is 12.3. The lowest BCUT2D eigenvalue weighted by atomic mass is 9.76. The van der Waals surface area contributed by atoms with Crippen LogP contribution in [-0.2, 0) is 0 Å². The van der Waals surface area contributed by atoms with Gasteiger partial charge in [-0.3, -0.25) is 10.1 Å². The maximum absolute atomic E-state index is 11.4. The van der Waals surface area contributed by atoms with E-state index in [1.165, 1.54) is 5.56 Å². The highest BCUT2D eigenvalue weighted by atomic mass is 35.5. The highest BCUT2D eigenvalue weighted by Gasteiger charge is 2.40. The normalized spacial score (nSPS) is 24.7. The quantitative estimate of drug-likeness (QED) is 0.476. The van der Waals surface area contributed by atoms with Gasteiger partial charge in [0.25, 0.3) is 5.69 Å². The lowest BCUT2D eigenvalue weighted by Crippen LogP contribution is -2.29. The molecule has 4 rings (SSSR count). The molecule has 0 radical (unpaired) electrons. The van der Waals surface area contributed by atoms with Crippen LogP contribution in [-0.4, -0.2) is 4.92 Å². The zero-order valence-corrected chi connectivity index (χ0v) is 13.0. The zero-order chi connectivity index (χ0) is 16.0. The summed E-state index contributed by atoms with van der Waals surface area (Å²) in [7, 11) is 0. The predicted octanol–water partition coefficient (Wildman–Crippen LogP) is 5.07. The minimum Gasteiger partial charge on any atom is -0.377 e. The first-order chi connectivity index (χ1) is 11.1. The number of nitro groups is 1. The molecule has 0 unspecified atom stereocenters. The Morgan fingerprint density at radius 2 is 2.00 bits per heavy atom. The van der Waals surface area contributed by atoms with E-state index in [9.17, 15) is 10.1 Å². The molecule has 0 bridgehead atoms. The van der Waals surface area contributed by atoms with Crippen LogP contribution in [0, 0.1) is 16.0 Å². The molecule has 0 saturated carbocycles. The highest BCUT2D eigenvalue weighted by Crippen LogP contribution is 2.51. The van der Waals surface area contributed by atoms with E-state index in [4.69, 9.17) is 11.6 Å². The van der Waals surface area contributed by atoms with Crippen LogP contribution < -0.4 is 5.32 Å². The molecule has 23 heavy (non-hydrogen) atoms. The third kappa shape index (κ3) is 2.30. The Balaban J connectivity index is 1.83. The molecule has 0 saturated heterocycles. The summed E-state index contributed by atoms with van der Waals surface area (Å²) in [6.07, 6.45) is 5.26. The molecule has 1 aliphatic carbocycles. The first-order valence-corrected chi connectivity index (χ1v) is 7.99. The van der Waals surface area contributed by atoms with Gasteiger partial charge in [0.2, 0.25) is 0 Å². The van der Waals surface area contributed by atoms with Crippen molar-refractivity contribution in [1.82, 2.24) is 0 Å². The number of allylic oxidation sites excluding steroid dienone is 2. The summed E-state index contributed by atoms with van der Waals surface area (Å²) in [5.74, 6) is 0.511. The van der Waals surface area contributed by atoms with E-state index in [1.807, 2.05) is 30.3 Å². The summed E-state index contributed by atoms with van der Waals surface area (Å²) >= 11 is 6.15. The number of nitrogens with zero attached hydrogens (tertiary/aromatic N) is 1. The van der Waals surface area contributed by atoms with Crippen molar-refractivity contribution in [2.24, 2.45) is 5.92 Å². The van der Waals surface area contributed by atoms with Gasteiger partial charge in [0.05, 0.1) is 16.5 Å². The minimum atomic E-state index is -0.300. The third-order valence-corrected chi connectivity index (χ3v) is 5.03. The molecule has 2 aromatic rings. The van der Waals surface area contributed by atoms with Gasteiger partial charge in [0, 0.05) is 22.7 Å². The number of hydrogen-bond donors (Lipinski definition) is 1. The van der Waals surface area contributed by atoms with Crippen LogP contribution in [0.5, 0.6) is 0 Å². The Labute approximate surface area is 138 Å². The van der Waals surface area contributed by atoms with E-state index in [-0.39, 0.29) is 28.5 Å². The summed E-state index contributed by atoms with van der Waals surface area (Å²) in [4.78, 5) is 11.1. The summed E-state index contributed by atoms with van der Waals surface area (Å²) in [6, 6.07) is 12.7. The number of hydrogen-bond acceptors (Lipinski definition) is 3. The second-order valence-corrected chi connectivity index (χ2v) is 6.46. The van der Waals surface area contributed by atoms with E-state index in [0.29, 0.717) is 5.02 Å². The van der Waals surface area contributed by atoms with Gasteiger partial charge in [-0.2, -0.15) is 0 Å². The lowest BCUT2D eigenvalue weighted by Gasteiger charge is -2.37. The molecule has 0 fully saturated rings. The van der Waals surface area contributed by atoms with Crippen molar-refractivity contribution >= 4 is 23.0 Å². The van der Waals surface area contributed by atoms with Gasteiger partial charge in [-0.25, -0.2) is 0 Å². The number of rotatable bonds is 2.